The number of benzene rings is 1. The number of anilines is 1. The summed E-state index contributed by atoms with van der Waals surface area (Å²) >= 11 is 0. The first-order chi connectivity index (χ1) is 8.79. The first-order valence-corrected chi connectivity index (χ1v) is 6.50. The van der Waals surface area contributed by atoms with Crippen LogP contribution in [0.25, 0.3) is 10.9 Å². The number of fused-ring (bicyclic) bond motifs is 2. The lowest BCUT2D eigenvalue weighted by molar-refractivity contribution is 0.419. The van der Waals surface area contributed by atoms with Crippen LogP contribution in [0.4, 0.5) is 5.82 Å². The summed E-state index contributed by atoms with van der Waals surface area (Å²) in [6.45, 7) is 3.14. The van der Waals surface area contributed by atoms with Crippen LogP contribution in [-0.2, 0) is 6.42 Å². The number of ether oxygens (including phenoxy) is 1. The zero-order valence-electron chi connectivity index (χ0n) is 10.9. The third-order valence-corrected chi connectivity index (χ3v) is 3.63. The minimum absolute atomic E-state index is 0.851. The Hall–Kier alpha value is -1.77. The van der Waals surface area contributed by atoms with Crippen molar-refractivity contribution in [3.63, 3.8) is 0 Å². The van der Waals surface area contributed by atoms with Crippen molar-refractivity contribution >= 4 is 16.7 Å². The van der Waals surface area contributed by atoms with Gasteiger partial charge in [-0.2, -0.15) is 0 Å². The van der Waals surface area contributed by atoms with Gasteiger partial charge in [0.15, 0.2) is 0 Å². The predicted molar refractivity (Wildman–Crippen MR) is 74.5 cm³/mol. The van der Waals surface area contributed by atoms with Gasteiger partial charge in [0.1, 0.15) is 17.1 Å². The number of aryl methyl sites for hydroxylation is 2. The number of methoxy groups -OCH3 is 1. The topological polar surface area (TPSA) is 34.1 Å². The summed E-state index contributed by atoms with van der Waals surface area (Å²) in [5.74, 6) is 1.88. The van der Waals surface area contributed by atoms with Gasteiger partial charge < -0.3 is 10.1 Å². The fraction of sp³-hybridized carbons (Fsp3) is 0.400. The molecule has 1 aliphatic rings. The summed E-state index contributed by atoms with van der Waals surface area (Å²) in [4.78, 5) is 4.77. The second-order valence-electron chi connectivity index (χ2n) is 4.86. The lowest BCUT2D eigenvalue weighted by Crippen LogP contribution is -2.03. The van der Waals surface area contributed by atoms with Crippen LogP contribution < -0.4 is 10.1 Å². The number of nitrogens with zero attached hydrogens (tertiary/aromatic N) is 1. The summed E-state index contributed by atoms with van der Waals surface area (Å²) in [5.41, 5.74) is 3.55. The van der Waals surface area contributed by atoms with Crippen LogP contribution in [0.2, 0.25) is 0 Å². The highest BCUT2D eigenvalue weighted by molar-refractivity contribution is 5.89. The monoisotopic (exact) mass is 242 g/mol. The zero-order chi connectivity index (χ0) is 12.5. The molecule has 0 saturated heterocycles. The van der Waals surface area contributed by atoms with Gasteiger partial charge in [0, 0.05) is 11.9 Å². The summed E-state index contributed by atoms with van der Waals surface area (Å²) in [5, 5.41) is 4.63. The van der Waals surface area contributed by atoms with Gasteiger partial charge in [0.25, 0.3) is 0 Å². The molecule has 0 fully saturated rings. The molecule has 3 rings (SSSR count). The van der Waals surface area contributed by atoms with E-state index in [-0.39, 0.29) is 0 Å². The van der Waals surface area contributed by atoms with E-state index in [0.717, 1.165) is 30.0 Å². The number of pyridine rings is 1. The SMILES string of the molecule is COc1ccc(C)c2cc3c(nc12)NCCCC3. The van der Waals surface area contributed by atoms with Gasteiger partial charge in [-0.15, -0.1) is 0 Å². The Balaban J connectivity index is 2.27. The molecule has 0 radical (unpaired) electrons. The number of rotatable bonds is 1. The fourth-order valence-corrected chi connectivity index (χ4v) is 2.57. The molecule has 1 N–H and O–H groups in total. The maximum absolute atomic E-state index is 5.41. The minimum atomic E-state index is 0.851. The third kappa shape index (κ3) is 1.80. The highest BCUT2D eigenvalue weighted by atomic mass is 16.5. The highest BCUT2D eigenvalue weighted by Gasteiger charge is 2.13. The van der Waals surface area contributed by atoms with Gasteiger partial charge in [-0.05, 0) is 49.4 Å². The van der Waals surface area contributed by atoms with Crippen molar-refractivity contribution in [1.82, 2.24) is 4.98 Å². The van der Waals surface area contributed by atoms with Crippen LogP contribution in [0.5, 0.6) is 5.75 Å². The molecule has 1 aromatic carbocycles. The van der Waals surface area contributed by atoms with Crippen LogP contribution in [-0.4, -0.2) is 18.6 Å². The molecular weight excluding hydrogens is 224 g/mol. The zero-order valence-corrected chi connectivity index (χ0v) is 10.9. The first kappa shape index (κ1) is 11.3. The predicted octanol–water partition coefficient (Wildman–Crippen LogP) is 3.30. The van der Waals surface area contributed by atoms with Crippen molar-refractivity contribution in [2.24, 2.45) is 0 Å². The van der Waals surface area contributed by atoms with E-state index in [1.165, 1.54) is 29.4 Å². The number of aromatic nitrogens is 1. The van der Waals surface area contributed by atoms with E-state index in [1.54, 1.807) is 7.11 Å². The number of nitrogens with one attached hydrogen (secondary N) is 1. The summed E-state index contributed by atoms with van der Waals surface area (Å²) in [7, 11) is 1.70. The molecular formula is C15H18N2O. The number of hydrogen-bond acceptors (Lipinski definition) is 3. The molecule has 3 heteroatoms. The average molecular weight is 242 g/mol. The van der Waals surface area contributed by atoms with Gasteiger partial charge in [-0.25, -0.2) is 4.98 Å². The molecule has 0 unspecified atom stereocenters. The van der Waals surface area contributed by atoms with Gasteiger partial charge in [-0.1, -0.05) is 6.07 Å². The van der Waals surface area contributed by atoms with Gasteiger partial charge in [0.05, 0.1) is 7.11 Å². The Morgan fingerprint density at radius 3 is 3.00 bits per heavy atom. The van der Waals surface area contributed by atoms with Crippen molar-refractivity contribution in [3.05, 3.63) is 29.3 Å². The summed E-state index contributed by atoms with van der Waals surface area (Å²) in [6, 6.07) is 6.36. The summed E-state index contributed by atoms with van der Waals surface area (Å²) in [6.07, 6.45) is 3.56. The van der Waals surface area contributed by atoms with Gasteiger partial charge >= 0.3 is 0 Å². The second kappa shape index (κ2) is 4.48. The third-order valence-electron chi connectivity index (χ3n) is 3.63. The van der Waals surface area contributed by atoms with E-state index in [9.17, 15) is 0 Å². The Kier molecular flexibility index (Phi) is 2.82. The summed E-state index contributed by atoms with van der Waals surface area (Å²) < 4.78 is 5.41. The molecule has 0 aliphatic carbocycles. The quantitative estimate of drug-likeness (QED) is 0.833. The van der Waals surface area contributed by atoms with E-state index >= 15 is 0 Å². The normalized spacial score (nSPS) is 14.8. The van der Waals surface area contributed by atoms with Gasteiger partial charge in [0.2, 0.25) is 0 Å². The molecule has 0 saturated carbocycles. The largest absolute Gasteiger partial charge is 0.494 e. The van der Waals surface area contributed by atoms with Crippen LogP contribution in [0.15, 0.2) is 18.2 Å². The Morgan fingerprint density at radius 1 is 1.28 bits per heavy atom. The van der Waals surface area contributed by atoms with Crippen LogP contribution >= 0.6 is 0 Å². The molecule has 0 spiro atoms. The minimum Gasteiger partial charge on any atom is -0.494 e. The first-order valence-electron chi connectivity index (χ1n) is 6.50. The Bertz CT molecular complexity index is 593. The van der Waals surface area contributed by atoms with Crippen LogP contribution in [0.3, 0.4) is 0 Å². The molecule has 0 amide bonds. The molecule has 2 aromatic rings. The van der Waals surface area contributed by atoms with E-state index in [0.29, 0.717) is 0 Å². The van der Waals surface area contributed by atoms with Gasteiger partial charge in [-0.3, -0.25) is 0 Å². The molecule has 3 nitrogen and oxygen atoms in total. The van der Waals surface area contributed by atoms with Crippen molar-refractivity contribution in [2.75, 3.05) is 19.0 Å². The van der Waals surface area contributed by atoms with E-state index in [1.807, 2.05) is 6.07 Å². The van der Waals surface area contributed by atoms with Crippen molar-refractivity contribution in [2.45, 2.75) is 26.2 Å². The van der Waals surface area contributed by atoms with Crippen LogP contribution in [0.1, 0.15) is 24.0 Å². The van der Waals surface area contributed by atoms with Crippen molar-refractivity contribution in [3.8, 4) is 5.75 Å². The maximum Gasteiger partial charge on any atom is 0.145 e. The van der Waals surface area contributed by atoms with E-state index < -0.39 is 0 Å². The smallest absolute Gasteiger partial charge is 0.145 e. The Morgan fingerprint density at radius 2 is 2.17 bits per heavy atom. The second-order valence-corrected chi connectivity index (χ2v) is 4.86. The number of hydrogen-bond donors (Lipinski definition) is 1. The van der Waals surface area contributed by atoms with Crippen LogP contribution in [0, 0.1) is 6.92 Å². The lowest BCUT2D eigenvalue weighted by Gasteiger charge is -2.12. The molecule has 0 atom stereocenters. The average Bonchev–Trinajstić information content (AvgIpc) is 2.62. The standard InChI is InChI=1S/C15H18N2O/c1-10-6-7-13(18-2)14-12(10)9-11-5-3-4-8-16-15(11)17-14/h6-7,9H,3-5,8H2,1-2H3,(H,16,17). The molecule has 0 bridgehead atoms. The molecule has 1 aliphatic heterocycles. The molecule has 2 heterocycles. The van der Waals surface area contributed by atoms with Crippen molar-refractivity contribution in [1.29, 1.82) is 0 Å². The lowest BCUT2D eigenvalue weighted by atomic mass is 10.0. The maximum atomic E-state index is 5.41. The Labute approximate surface area is 107 Å². The molecule has 18 heavy (non-hydrogen) atoms. The van der Waals surface area contributed by atoms with E-state index in [4.69, 9.17) is 9.72 Å². The highest BCUT2D eigenvalue weighted by Crippen LogP contribution is 2.31. The molecule has 94 valence electrons. The van der Waals surface area contributed by atoms with Crippen molar-refractivity contribution < 1.29 is 4.74 Å². The fourth-order valence-electron chi connectivity index (χ4n) is 2.57. The molecule has 1 aromatic heterocycles. The van der Waals surface area contributed by atoms with E-state index in [2.05, 4.69) is 24.4 Å².